The number of aromatic nitrogens is 2. The number of hydrogen-bond donors (Lipinski definition) is 4. The lowest BCUT2D eigenvalue weighted by atomic mass is 9.76. The number of H-pyrrole nitrogens is 1. The van der Waals surface area contributed by atoms with E-state index in [-0.39, 0.29) is 5.71 Å². The first-order valence-electron chi connectivity index (χ1n) is 11.6. The molecule has 0 fully saturated rings. The molecule has 4 N–H and O–H groups in total. The summed E-state index contributed by atoms with van der Waals surface area (Å²) in [6.45, 7) is 0. The normalized spacial score (nSPS) is 11.0. The third-order valence-electron chi connectivity index (χ3n) is 6.12. The molecule has 0 aliphatic carbocycles. The van der Waals surface area contributed by atoms with E-state index < -0.39 is 11.4 Å². The second kappa shape index (κ2) is 10.1. The van der Waals surface area contributed by atoms with Gasteiger partial charge in [-0.1, -0.05) is 109 Å². The molecule has 1 amide bonds. The molecule has 5 rings (SSSR count). The molecule has 0 bridgehead atoms. The molecule has 0 saturated heterocycles. The van der Waals surface area contributed by atoms with Gasteiger partial charge in [-0.05, 0) is 22.8 Å². The Kier molecular flexibility index (Phi) is 6.40. The first-order valence-corrected chi connectivity index (χ1v) is 11.6. The molecule has 1 aromatic heterocycles. The third-order valence-corrected chi connectivity index (χ3v) is 6.12. The molecule has 0 unspecified atom stereocenters. The van der Waals surface area contributed by atoms with Crippen molar-refractivity contribution in [3.05, 3.63) is 150 Å². The van der Waals surface area contributed by atoms with Crippen molar-refractivity contribution >= 4 is 23.0 Å². The van der Waals surface area contributed by atoms with Crippen molar-refractivity contribution in [2.24, 2.45) is 0 Å². The topological polar surface area (TPSA) is 93.7 Å². The number of nitrogens with one attached hydrogen (secondary N) is 4. The highest BCUT2D eigenvalue weighted by atomic mass is 16.1. The molecule has 0 atom stereocenters. The molecule has 1 heterocycles. The fraction of sp³-hybridized carbons (Fsp3) is 0.0333. The zero-order valence-electron chi connectivity index (χ0n) is 19.5. The number of hydrogen-bond acceptors (Lipinski definition) is 4. The second-order valence-electron chi connectivity index (χ2n) is 8.33. The van der Waals surface area contributed by atoms with E-state index in [9.17, 15) is 4.79 Å². The van der Waals surface area contributed by atoms with Crippen LogP contribution in [0.15, 0.2) is 128 Å². The monoisotopic (exact) mass is 471 g/mol. The highest BCUT2D eigenvalue weighted by Gasteiger charge is 2.37. The molecule has 0 aliphatic heterocycles. The van der Waals surface area contributed by atoms with E-state index in [4.69, 9.17) is 5.41 Å². The summed E-state index contributed by atoms with van der Waals surface area (Å²) in [5.74, 6) is -0.518. The molecule has 0 saturated carbocycles. The van der Waals surface area contributed by atoms with Crippen LogP contribution in [0.2, 0.25) is 0 Å². The molecule has 6 nitrogen and oxygen atoms in total. The number of nitrogens with zero attached hydrogens (tertiary/aromatic N) is 1. The van der Waals surface area contributed by atoms with Crippen LogP contribution in [0.3, 0.4) is 0 Å². The Hall–Kier alpha value is -4.97. The van der Waals surface area contributed by atoms with Crippen molar-refractivity contribution in [1.82, 2.24) is 10.2 Å². The van der Waals surface area contributed by atoms with Crippen molar-refractivity contribution in [2.75, 3.05) is 10.6 Å². The van der Waals surface area contributed by atoms with E-state index in [1.807, 2.05) is 72.8 Å². The molecule has 0 radical (unpaired) electrons. The largest absolute Gasteiger partial charge is 0.367 e. The van der Waals surface area contributed by atoms with Crippen LogP contribution in [-0.4, -0.2) is 21.8 Å². The predicted octanol–water partition coefficient (Wildman–Crippen LogP) is 5.82. The minimum Gasteiger partial charge on any atom is -0.367 e. The van der Waals surface area contributed by atoms with Gasteiger partial charge in [-0.3, -0.25) is 15.3 Å². The smallest absolute Gasteiger partial charge is 0.274 e. The number of rotatable bonds is 8. The van der Waals surface area contributed by atoms with Crippen LogP contribution in [0.1, 0.15) is 22.3 Å². The standard InChI is InChI=1S/C30H25N5O/c31-28(29(36)34-25-20-32-33-21-25)26-18-10-11-19-27(26)35-30(22-12-4-1-5-13-22,23-14-6-2-7-15-23)24-16-8-3-9-17-24/h1-21,31,35H,(H,32,33)(H,34,36). The Bertz CT molecular complexity index is 1350. The number of carbonyl (C=O) groups excluding carboxylic acids is 1. The highest BCUT2D eigenvalue weighted by molar-refractivity contribution is 6.48. The zero-order valence-corrected chi connectivity index (χ0v) is 19.5. The molecule has 176 valence electrons. The van der Waals surface area contributed by atoms with Crippen molar-refractivity contribution in [3.63, 3.8) is 0 Å². The zero-order chi connectivity index (χ0) is 24.8. The van der Waals surface area contributed by atoms with E-state index in [1.54, 1.807) is 12.3 Å². The van der Waals surface area contributed by atoms with E-state index in [0.29, 0.717) is 16.9 Å². The summed E-state index contributed by atoms with van der Waals surface area (Å²) in [7, 11) is 0. The van der Waals surface area contributed by atoms with Crippen LogP contribution in [0.4, 0.5) is 11.4 Å². The molecule has 4 aromatic carbocycles. The maximum Gasteiger partial charge on any atom is 0.274 e. The van der Waals surface area contributed by atoms with E-state index in [1.165, 1.54) is 6.20 Å². The summed E-state index contributed by atoms with van der Waals surface area (Å²) in [4.78, 5) is 12.9. The predicted molar refractivity (Wildman–Crippen MR) is 143 cm³/mol. The molecule has 6 heteroatoms. The maximum atomic E-state index is 12.9. The Labute approximate surface area is 209 Å². The molecule has 0 spiro atoms. The SMILES string of the molecule is N=C(C(=O)Nc1cn[nH]c1)c1ccccc1NC(c1ccccc1)(c1ccccc1)c1ccccc1. The van der Waals surface area contributed by atoms with Gasteiger partial charge in [0.2, 0.25) is 0 Å². The third kappa shape index (κ3) is 4.40. The summed E-state index contributed by atoms with van der Waals surface area (Å²) in [5.41, 5.74) is 3.84. The molecular formula is C30H25N5O. The van der Waals surface area contributed by atoms with Crippen LogP contribution in [0.5, 0.6) is 0 Å². The average molecular weight is 472 g/mol. The fourth-order valence-electron chi connectivity index (χ4n) is 4.43. The number of carbonyl (C=O) groups is 1. The van der Waals surface area contributed by atoms with Crippen LogP contribution < -0.4 is 10.6 Å². The van der Waals surface area contributed by atoms with Crippen molar-refractivity contribution in [2.45, 2.75) is 5.54 Å². The Balaban J connectivity index is 1.65. The van der Waals surface area contributed by atoms with Crippen LogP contribution >= 0.6 is 0 Å². The minimum atomic E-state index is -0.777. The van der Waals surface area contributed by atoms with Gasteiger partial charge in [0.15, 0.2) is 0 Å². The quantitative estimate of drug-likeness (QED) is 0.170. The summed E-state index contributed by atoms with van der Waals surface area (Å²) in [6.07, 6.45) is 3.07. The molecule has 0 aliphatic rings. The van der Waals surface area contributed by atoms with Gasteiger partial charge in [0, 0.05) is 17.4 Å². The molecule has 36 heavy (non-hydrogen) atoms. The second-order valence-corrected chi connectivity index (χ2v) is 8.33. The van der Waals surface area contributed by atoms with E-state index >= 15 is 0 Å². The highest BCUT2D eigenvalue weighted by Crippen LogP contribution is 2.40. The van der Waals surface area contributed by atoms with Gasteiger partial charge < -0.3 is 10.6 Å². The molecule has 5 aromatic rings. The van der Waals surface area contributed by atoms with Gasteiger partial charge in [-0.25, -0.2) is 0 Å². The number of para-hydroxylation sites is 1. The lowest BCUT2D eigenvalue weighted by Crippen LogP contribution is -2.39. The van der Waals surface area contributed by atoms with Crippen molar-refractivity contribution < 1.29 is 4.79 Å². The van der Waals surface area contributed by atoms with Crippen LogP contribution in [0, 0.1) is 5.41 Å². The maximum absolute atomic E-state index is 12.9. The van der Waals surface area contributed by atoms with E-state index in [0.717, 1.165) is 16.7 Å². The van der Waals surface area contributed by atoms with Gasteiger partial charge in [-0.2, -0.15) is 5.10 Å². The van der Waals surface area contributed by atoms with Gasteiger partial charge in [0.25, 0.3) is 5.91 Å². The first kappa shape index (κ1) is 22.8. The lowest BCUT2D eigenvalue weighted by molar-refractivity contribution is -0.110. The Morgan fingerprint density at radius 2 is 1.22 bits per heavy atom. The number of anilines is 2. The first-order chi connectivity index (χ1) is 17.7. The fourth-order valence-corrected chi connectivity index (χ4v) is 4.43. The summed E-state index contributed by atoms with van der Waals surface area (Å²) in [6, 6.07) is 38.0. The van der Waals surface area contributed by atoms with Crippen molar-refractivity contribution in [1.29, 1.82) is 5.41 Å². The van der Waals surface area contributed by atoms with Gasteiger partial charge in [0.05, 0.1) is 11.9 Å². The number of aromatic amines is 1. The van der Waals surface area contributed by atoms with E-state index in [2.05, 4.69) is 57.2 Å². The summed E-state index contributed by atoms with van der Waals surface area (Å²) >= 11 is 0. The van der Waals surface area contributed by atoms with Gasteiger partial charge in [0.1, 0.15) is 11.3 Å². The lowest BCUT2D eigenvalue weighted by Gasteiger charge is -2.38. The van der Waals surface area contributed by atoms with Crippen LogP contribution in [0.25, 0.3) is 0 Å². The minimum absolute atomic E-state index is 0.151. The Morgan fingerprint density at radius 3 is 1.72 bits per heavy atom. The Morgan fingerprint density at radius 1 is 0.722 bits per heavy atom. The van der Waals surface area contributed by atoms with Gasteiger partial charge >= 0.3 is 0 Å². The van der Waals surface area contributed by atoms with Gasteiger partial charge in [-0.15, -0.1) is 0 Å². The summed E-state index contributed by atoms with van der Waals surface area (Å²) < 4.78 is 0. The van der Waals surface area contributed by atoms with Crippen LogP contribution in [-0.2, 0) is 10.3 Å². The summed E-state index contributed by atoms with van der Waals surface area (Å²) in [5, 5.41) is 21.7. The average Bonchev–Trinajstić information content (AvgIpc) is 3.46. The van der Waals surface area contributed by atoms with Crippen molar-refractivity contribution in [3.8, 4) is 0 Å². The number of benzene rings is 4. The number of amides is 1. The molecular weight excluding hydrogens is 446 g/mol.